The van der Waals surface area contributed by atoms with Gasteiger partial charge in [-0.3, -0.25) is 4.98 Å². The van der Waals surface area contributed by atoms with Crippen LogP contribution in [0.2, 0.25) is 0 Å². The number of hydrogen-bond acceptors (Lipinski definition) is 2. The van der Waals surface area contributed by atoms with Gasteiger partial charge >= 0.3 is 0 Å². The zero-order valence-electron chi connectivity index (χ0n) is 5.21. The van der Waals surface area contributed by atoms with Crippen LogP contribution in [-0.4, -0.2) is 9.91 Å². The lowest BCUT2D eigenvalue weighted by Gasteiger charge is -1.83. The second-order valence-corrected chi connectivity index (χ2v) is 1.28. The molecule has 9 heavy (non-hydrogen) atoms. The Hall–Kier alpha value is -0.320. The molecule has 0 saturated heterocycles. The molecule has 0 aliphatic rings. The third-order valence-electron chi connectivity index (χ3n) is 0.706. The molecule has 0 aromatic carbocycles. The summed E-state index contributed by atoms with van der Waals surface area (Å²) in [5.74, 6) is 0. The molecule has 0 unspecified atom stereocenters. The Kier molecular flexibility index (Phi) is 5.60. The molecule has 1 rings (SSSR count). The van der Waals surface area contributed by atoms with Gasteiger partial charge in [-0.25, -0.2) is 0 Å². The molecule has 50 valence electrons. The maximum Gasteiger partial charge on any atom is 0.0344 e. The number of nitrogens with zero attached hydrogens (tertiary/aromatic N) is 1. The summed E-state index contributed by atoms with van der Waals surface area (Å²) in [6.45, 7) is 0. The summed E-state index contributed by atoms with van der Waals surface area (Å²) in [5.41, 5.74) is 6.08. The zero-order valence-corrected chi connectivity index (χ0v) is 7.37. The lowest BCUT2D eigenvalue weighted by molar-refractivity contribution is 1.33. The van der Waals surface area contributed by atoms with Crippen LogP contribution in [0.4, 0.5) is 5.69 Å². The van der Waals surface area contributed by atoms with Crippen LogP contribution in [0.25, 0.3) is 0 Å². The molecule has 0 aliphatic heterocycles. The lowest BCUT2D eigenvalue weighted by Crippen LogP contribution is -1.81. The van der Waals surface area contributed by atoms with Crippen molar-refractivity contribution in [2.75, 3.05) is 10.7 Å². The number of alkyl halides is 1. The van der Waals surface area contributed by atoms with Crippen LogP contribution >= 0.6 is 22.6 Å². The molecule has 0 saturated carbocycles. The number of rotatable bonds is 0. The van der Waals surface area contributed by atoms with Crippen molar-refractivity contribution in [3.05, 3.63) is 24.5 Å². The van der Waals surface area contributed by atoms with Crippen molar-refractivity contribution in [2.24, 2.45) is 0 Å². The molecule has 0 atom stereocenters. The molecular formula is C6H9IN2. The number of halogens is 1. The Morgan fingerprint density at radius 3 is 2.00 bits per heavy atom. The fourth-order valence-electron chi connectivity index (χ4n) is 0.363. The highest BCUT2D eigenvalue weighted by atomic mass is 127. The number of nitrogen functional groups attached to an aromatic ring is 1. The molecule has 0 spiro atoms. The molecule has 1 aromatic heterocycles. The molecule has 0 aliphatic carbocycles. The largest absolute Gasteiger partial charge is 0.399 e. The van der Waals surface area contributed by atoms with E-state index in [0.717, 1.165) is 5.69 Å². The fraction of sp³-hybridized carbons (Fsp3) is 0.167. The van der Waals surface area contributed by atoms with Crippen molar-refractivity contribution in [2.45, 2.75) is 0 Å². The van der Waals surface area contributed by atoms with Crippen LogP contribution < -0.4 is 5.73 Å². The van der Waals surface area contributed by atoms with Gasteiger partial charge in [0.15, 0.2) is 0 Å². The third kappa shape index (κ3) is 4.20. The molecule has 0 radical (unpaired) electrons. The van der Waals surface area contributed by atoms with Gasteiger partial charge in [0.1, 0.15) is 0 Å². The Morgan fingerprint density at radius 1 is 1.33 bits per heavy atom. The van der Waals surface area contributed by atoms with Crippen molar-refractivity contribution in [1.82, 2.24) is 4.98 Å². The maximum absolute atomic E-state index is 5.32. The molecule has 0 amide bonds. The van der Waals surface area contributed by atoms with Crippen molar-refractivity contribution in [1.29, 1.82) is 0 Å². The van der Waals surface area contributed by atoms with E-state index in [4.69, 9.17) is 5.73 Å². The van der Waals surface area contributed by atoms with Crippen LogP contribution in [0.5, 0.6) is 0 Å². The van der Waals surface area contributed by atoms with E-state index in [1.165, 1.54) is 0 Å². The van der Waals surface area contributed by atoms with Crippen molar-refractivity contribution < 1.29 is 0 Å². The first kappa shape index (κ1) is 8.68. The molecule has 2 nitrogen and oxygen atoms in total. The predicted molar refractivity (Wildman–Crippen MR) is 48.6 cm³/mol. The smallest absolute Gasteiger partial charge is 0.0344 e. The molecule has 3 heteroatoms. The van der Waals surface area contributed by atoms with Crippen LogP contribution in [0.1, 0.15) is 0 Å². The Bertz CT molecular complexity index is 141. The number of pyridine rings is 1. The summed E-state index contributed by atoms with van der Waals surface area (Å²) >= 11 is 2.15. The van der Waals surface area contributed by atoms with E-state index in [1.807, 2.05) is 4.93 Å². The second-order valence-electron chi connectivity index (χ2n) is 1.28. The number of nitrogens with two attached hydrogens (primary N) is 1. The summed E-state index contributed by atoms with van der Waals surface area (Å²) in [7, 11) is 0. The summed E-state index contributed by atoms with van der Waals surface area (Å²) in [4.78, 5) is 5.74. The normalized spacial score (nSPS) is 7.33. The van der Waals surface area contributed by atoms with Gasteiger partial charge in [0.05, 0.1) is 0 Å². The van der Waals surface area contributed by atoms with Crippen molar-refractivity contribution in [3.8, 4) is 0 Å². The van der Waals surface area contributed by atoms with E-state index in [2.05, 4.69) is 27.6 Å². The van der Waals surface area contributed by atoms with Gasteiger partial charge in [0, 0.05) is 18.1 Å². The number of hydrogen-bond donors (Lipinski definition) is 1. The summed E-state index contributed by atoms with van der Waals surface area (Å²) in [6, 6.07) is 3.50. The molecule has 0 bridgehead atoms. The van der Waals surface area contributed by atoms with Gasteiger partial charge in [0.25, 0.3) is 0 Å². The van der Waals surface area contributed by atoms with Gasteiger partial charge in [0.2, 0.25) is 0 Å². The Morgan fingerprint density at radius 2 is 1.78 bits per heavy atom. The van der Waals surface area contributed by atoms with E-state index >= 15 is 0 Å². The van der Waals surface area contributed by atoms with E-state index in [-0.39, 0.29) is 0 Å². The molecule has 0 fully saturated rings. The quantitative estimate of drug-likeness (QED) is 0.550. The van der Waals surface area contributed by atoms with E-state index in [9.17, 15) is 0 Å². The van der Waals surface area contributed by atoms with E-state index < -0.39 is 0 Å². The molecule has 1 aromatic rings. The first-order valence-corrected chi connectivity index (χ1v) is 4.58. The van der Waals surface area contributed by atoms with Gasteiger partial charge < -0.3 is 5.73 Å². The highest BCUT2D eigenvalue weighted by Gasteiger charge is 1.73. The van der Waals surface area contributed by atoms with Gasteiger partial charge in [-0.05, 0) is 17.1 Å². The summed E-state index contributed by atoms with van der Waals surface area (Å²) in [6.07, 6.45) is 3.32. The van der Waals surface area contributed by atoms with Crippen LogP contribution in [0.15, 0.2) is 24.5 Å². The highest BCUT2D eigenvalue weighted by Crippen LogP contribution is 1.92. The minimum atomic E-state index is 0.759. The van der Waals surface area contributed by atoms with Crippen molar-refractivity contribution in [3.63, 3.8) is 0 Å². The van der Waals surface area contributed by atoms with Gasteiger partial charge in [-0.2, -0.15) is 0 Å². The molecule has 1 heterocycles. The monoisotopic (exact) mass is 236 g/mol. The average molecular weight is 236 g/mol. The predicted octanol–water partition coefficient (Wildman–Crippen LogP) is 1.72. The topological polar surface area (TPSA) is 38.9 Å². The molecule has 2 N–H and O–H groups in total. The van der Waals surface area contributed by atoms with E-state index in [1.54, 1.807) is 24.5 Å². The minimum Gasteiger partial charge on any atom is -0.399 e. The summed E-state index contributed by atoms with van der Waals surface area (Å²) in [5, 5.41) is 0. The number of anilines is 1. The fourth-order valence-corrected chi connectivity index (χ4v) is 0.363. The van der Waals surface area contributed by atoms with Crippen LogP contribution in [0.3, 0.4) is 0 Å². The highest BCUT2D eigenvalue weighted by molar-refractivity contribution is 14.1. The first-order valence-electron chi connectivity index (χ1n) is 2.43. The van der Waals surface area contributed by atoms with Crippen LogP contribution in [-0.2, 0) is 0 Å². The lowest BCUT2D eigenvalue weighted by atomic mass is 10.4. The number of aromatic nitrogens is 1. The Balaban J connectivity index is 0.000000291. The Labute approximate surface area is 68.6 Å². The summed E-state index contributed by atoms with van der Waals surface area (Å²) < 4.78 is 0. The van der Waals surface area contributed by atoms with Crippen LogP contribution in [0, 0.1) is 0 Å². The molecular weight excluding hydrogens is 227 g/mol. The average Bonchev–Trinajstić information content (AvgIpc) is 1.94. The van der Waals surface area contributed by atoms with Gasteiger partial charge in [-0.15, -0.1) is 0 Å². The SMILES string of the molecule is CI.Nc1ccncc1. The van der Waals surface area contributed by atoms with Crippen molar-refractivity contribution >= 4 is 28.3 Å². The minimum absolute atomic E-state index is 0.759. The zero-order chi connectivity index (χ0) is 7.11. The third-order valence-corrected chi connectivity index (χ3v) is 0.706. The second kappa shape index (κ2) is 5.81. The first-order chi connectivity index (χ1) is 4.39. The standard InChI is InChI=1S/C5H6N2.CH3I/c6-5-1-3-7-4-2-5;1-2/h1-4H,(H2,6,7);1H3. The van der Waals surface area contributed by atoms with E-state index in [0.29, 0.717) is 0 Å². The maximum atomic E-state index is 5.32. The van der Waals surface area contributed by atoms with Gasteiger partial charge in [-0.1, -0.05) is 22.6 Å².